The molecule has 0 radical (unpaired) electrons. The molecule has 2 aliphatic rings. The van der Waals surface area contributed by atoms with Gasteiger partial charge in [-0.2, -0.15) is 0 Å². The summed E-state index contributed by atoms with van der Waals surface area (Å²) in [5.74, 6) is 5.89. The van der Waals surface area contributed by atoms with E-state index in [-0.39, 0.29) is 34.3 Å². The van der Waals surface area contributed by atoms with Crippen molar-refractivity contribution < 1.29 is 35.1 Å². The fraction of sp³-hybridized carbons (Fsp3) is 0.724. The number of hydrogen-bond acceptors (Lipinski definition) is 8. The molecule has 1 amide bonds. The van der Waals surface area contributed by atoms with E-state index in [9.17, 15) is 19.8 Å². The highest BCUT2D eigenvalue weighted by molar-refractivity contribution is 7.15. The Morgan fingerprint density at radius 2 is 1.54 bits per heavy atom. The number of nitrogens with two attached hydrogens (primary N) is 1. The summed E-state index contributed by atoms with van der Waals surface area (Å²) in [6.07, 6.45) is 6.10. The number of aromatic carboxylic acids is 1. The minimum atomic E-state index is -1.21. The Morgan fingerprint density at radius 3 is 1.97 bits per heavy atom. The van der Waals surface area contributed by atoms with Gasteiger partial charge in [-0.1, -0.05) is 18.8 Å². The standard InChI is InChI=1S/C25H35NO4S.C4H11NO3/c1-16-5-7-17(8-6-16)23(28)26(18-9-11-19(27)12-10-18)21-15-20(13-14-25(2,3)4)31-22(21)24(29)30;5-4(1-6,2-7)3-8/h15-19,27H,5-12H2,1-4H3,(H,29,30);6-8H,1-3,5H2. The molecule has 0 aromatic carbocycles. The zero-order valence-electron chi connectivity index (χ0n) is 23.7. The normalized spacial score (nSPS) is 23.6. The van der Waals surface area contributed by atoms with Gasteiger partial charge in [-0.3, -0.25) is 4.79 Å². The molecule has 0 aliphatic heterocycles. The number of rotatable bonds is 7. The van der Waals surface area contributed by atoms with Crippen LogP contribution in [0.1, 0.15) is 93.6 Å². The van der Waals surface area contributed by atoms with Crippen LogP contribution in [0, 0.1) is 29.1 Å². The van der Waals surface area contributed by atoms with Crippen LogP contribution in [-0.2, 0) is 4.79 Å². The Bertz CT molecular complexity index is 995. The lowest BCUT2D eigenvalue weighted by atomic mass is 9.81. The van der Waals surface area contributed by atoms with Crippen LogP contribution in [0.4, 0.5) is 5.69 Å². The average molecular weight is 567 g/mol. The molecular formula is C29H46N2O7S. The van der Waals surface area contributed by atoms with Gasteiger partial charge in [-0.15, -0.1) is 11.3 Å². The van der Waals surface area contributed by atoms with E-state index >= 15 is 0 Å². The second-order valence-corrected chi connectivity index (χ2v) is 13.1. The second-order valence-electron chi connectivity index (χ2n) is 12.1. The summed E-state index contributed by atoms with van der Waals surface area (Å²) < 4.78 is 0. The van der Waals surface area contributed by atoms with Crippen LogP contribution in [0.5, 0.6) is 0 Å². The number of carboxylic acids is 1. The van der Waals surface area contributed by atoms with Gasteiger partial charge in [0.25, 0.3) is 0 Å². The molecule has 9 nitrogen and oxygen atoms in total. The van der Waals surface area contributed by atoms with Gasteiger partial charge in [-0.05, 0) is 84.1 Å². The van der Waals surface area contributed by atoms with Crippen LogP contribution in [0.3, 0.4) is 0 Å². The molecule has 1 aromatic heterocycles. The zero-order valence-corrected chi connectivity index (χ0v) is 24.5. The van der Waals surface area contributed by atoms with Crippen molar-refractivity contribution in [3.05, 3.63) is 15.8 Å². The van der Waals surface area contributed by atoms with E-state index in [1.807, 2.05) is 20.8 Å². The van der Waals surface area contributed by atoms with Crippen molar-refractivity contribution in [2.75, 3.05) is 24.7 Å². The van der Waals surface area contributed by atoms with Crippen molar-refractivity contribution in [3.63, 3.8) is 0 Å². The van der Waals surface area contributed by atoms with Crippen LogP contribution in [0.2, 0.25) is 0 Å². The Kier molecular flexibility index (Phi) is 12.4. The van der Waals surface area contributed by atoms with Crippen molar-refractivity contribution in [1.82, 2.24) is 0 Å². The highest BCUT2D eigenvalue weighted by Gasteiger charge is 2.37. The van der Waals surface area contributed by atoms with Gasteiger partial charge < -0.3 is 36.2 Å². The molecule has 0 spiro atoms. The first-order valence-electron chi connectivity index (χ1n) is 13.8. The Balaban J connectivity index is 0.000000580. The summed E-state index contributed by atoms with van der Waals surface area (Å²) >= 11 is 1.15. The Labute approximate surface area is 236 Å². The van der Waals surface area contributed by atoms with Gasteiger partial charge >= 0.3 is 5.97 Å². The number of aliphatic hydroxyl groups is 4. The topological polar surface area (TPSA) is 165 Å². The molecule has 2 saturated carbocycles. The number of aliphatic hydroxyl groups excluding tert-OH is 4. The lowest BCUT2D eigenvalue weighted by Gasteiger charge is -2.38. The van der Waals surface area contributed by atoms with Gasteiger partial charge in [0.15, 0.2) is 0 Å². The van der Waals surface area contributed by atoms with Gasteiger partial charge in [0, 0.05) is 17.4 Å². The van der Waals surface area contributed by atoms with Gasteiger partial charge in [0.05, 0.1) is 42.0 Å². The molecule has 2 fully saturated rings. The SMILES string of the molecule is CC1CCC(C(=O)N(c2cc(C#CC(C)(C)C)sc2C(=O)O)C2CCC(O)CC2)CC1.NC(CO)(CO)CO. The lowest BCUT2D eigenvalue weighted by molar-refractivity contribution is -0.124. The highest BCUT2D eigenvalue weighted by atomic mass is 32.1. The van der Waals surface area contributed by atoms with Crippen LogP contribution >= 0.6 is 11.3 Å². The number of carbonyl (C=O) groups is 2. The lowest BCUT2D eigenvalue weighted by Crippen LogP contribution is -2.50. The third-order valence-corrected chi connectivity index (χ3v) is 8.33. The summed E-state index contributed by atoms with van der Waals surface area (Å²) in [4.78, 5) is 28.5. The van der Waals surface area contributed by atoms with Crippen molar-refractivity contribution in [2.45, 2.75) is 96.7 Å². The van der Waals surface area contributed by atoms with E-state index in [4.69, 9.17) is 21.1 Å². The number of carboxylic acid groups (broad SMARTS) is 1. The first-order valence-corrected chi connectivity index (χ1v) is 14.6. The van der Waals surface area contributed by atoms with Gasteiger partial charge in [0.2, 0.25) is 5.91 Å². The highest BCUT2D eigenvalue weighted by Crippen LogP contribution is 2.38. The smallest absolute Gasteiger partial charge is 0.348 e. The molecule has 3 rings (SSSR count). The number of nitrogens with zero attached hydrogens (tertiary/aromatic N) is 1. The summed E-state index contributed by atoms with van der Waals surface area (Å²) in [5, 5.41) is 44.9. The molecular weight excluding hydrogens is 520 g/mol. The van der Waals surface area contributed by atoms with E-state index in [1.54, 1.807) is 11.0 Å². The van der Waals surface area contributed by atoms with Gasteiger partial charge in [-0.25, -0.2) is 4.79 Å². The first kappa shape index (κ1) is 33.2. The van der Waals surface area contributed by atoms with Crippen molar-refractivity contribution >= 4 is 28.9 Å². The third-order valence-electron chi connectivity index (χ3n) is 7.31. The van der Waals surface area contributed by atoms with E-state index in [0.717, 1.165) is 37.0 Å². The summed E-state index contributed by atoms with van der Waals surface area (Å²) in [7, 11) is 0. The molecule has 0 atom stereocenters. The third kappa shape index (κ3) is 9.85. The molecule has 0 unspecified atom stereocenters. The predicted octanol–water partition coefficient (Wildman–Crippen LogP) is 2.97. The molecule has 2 aliphatic carbocycles. The van der Waals surface area contributed by atoms with Crippen LogP contribution in [-0.4, -0.2) is 74.9 Å². The van der Waals surface area contributed by atoms with Crippen molar-refractivity contribution in [3.8, 4) is 11.8 Å². The fourth-order valence-corrected chi connectivity index (χ4v) is 5.53. The second kappa shape index (κ2) is 14.6. The monoisotopic (exact) mass is 566 g/mol. The number of thiophene rings is 1. The Morgan fingerprint density at radius 1 is 1.00 bits per heavy atom. The maximum atomic E-state index is 13.7. The van der Waals surface area contributed by atoms with Crippen LogP contribution in [0.25, 0.3) is 0 Å². The molecule has 10 heteroatoms. The van der Waals surface area contributed by atoms with E-state index in [0.29, 0.717) is 42.2 Å². The van der Waals surface area contributed by atoms with Crippen molar-refractivity contribution in [1.29, 1.82) is 0 Å². The fourth-order valence-electron chi connectivity index (χ4n) is 4.69. The molecule has 1 heterocycles. The molecule has 0 bridgehead atoms. The maximum Gasteiger partial charge on any atom is 0.348 e. The maximum absolute atomic E-state index is 13.7. The average Bonchev–Trinajstić information content (AvgIpc) is 3.33. The van der Waals surface area contributed by atoms with E-state index in [2.05, 4.69) is 18.8 Å². The number of carbonyl (C=O) groups excluding carboxylic acids is 1. The first-order chi connectivity index (χ1) is 18.2. The zero-order chi connectivity index (χ0) is 29.4. The minimum absolute atomic E-state index is 0.0453. The number of hydrogen-bond donors (Lipinski definition) is 6. The molecule has 39 heavy (non-hydrogen) atoms. The van der Waals surface area contributed by atoms with Crippen LogP contribution in [0.15, 0.2) is 6.07 Å². The quantitative estimate of drug-likeness (QED) is 0.274. The predicted molar refractivity (Wildman–Crippen MR) is 153 cm³/mol. The molecule has 1 aromatic rings. The van der Waals surface area contributed by atoms with Crippen molar-refractivity contribution in [2.24, 2.45) is 23.0 Å². The van der Waals surface area contributed by atoms with E-state index < -0.39 is 31.3 Å². The van der Waals surface area contributed by atoms with Crippen LogP contribution < -0.4 is 10.6 Å². The number of amides is 1. The largest absolute Gasteiger partial charge is 0.477 e. The summed E-state index contributed by atoms with van der Waals surface area (Å²) in [6.45, 7) is 7.06. The summed E-state index contributed by atoms with van der Waals surface area (Å²) in [5.41, 5.74) is 4.23. The van der Waals surface area contributed by atoms with Gasteiger partial charge in [0.1, 0.15) is 4.88 Å². The minimum Gasteiger partial charge on any atom is -0.477 e. The number of anilines is 1. The molecule has 7 N–H and O–H groups in total. The van der Waals surface area contributed by atoms with E-state index in [1.165, 1.54) is 0 Å². The molecule has 220 valence electrons. The molecule has 0 saturated heterocycles. The Hall–Kier alpha value is -2.00. The summed E-state index contributed by atoms with van der Waals surface area (Å²) in [6, 6.07) is 1.72.